The van der Waals surface area contributed by atoms with Gasteiger partial charge in [-0.2, -0.15) is 0 Å². The summed E-state index contributed by atoms with van der Waals surface area (Å²) in [5.41, 5.74) is 4.46. The molecule has 1 amide bonds. The Morgan fingerprint density at radius 1 is 1.24 bits per heavy atom. The van der Waals surface area contributed by atoms with Crippen molar-refractivity contribution in [2.24, 2.45) is 0 Å². The highest BCUT2D eigenvalue weighted by molar-refractivity contribution is 6.38. The van der Waals surface area contributed by atoms with Gasteiger partial charge >= 0.3 is 0 Å². The van der Waals surface area contributed by atoms with Gasteiger partial charge in [-0.3, -0.25) is 9.59 Å². The summed E-state index contributed by atoms with van der Waals surface area (Å²) in [7, 11) is 0. The molecule has 1 aromatic carbocycles. The number of halogens is 2. The van der Waals surface area contributed by atoms with Crippen LogP contribution in [0, 0.1) is 6.92 Å². The molecule has 0 unspecified atom stereocenters. The Morgan fingerprint density at radius 2 is 2.00 bits per heavy atom. The molecule has 2 aromatic rings. The zero-order chi connectivity index (χ0) is 20.9. The molecule has 7 heteroatoms. The molecule has 0 fully saturated rings. The number of benzene rings is 1. The fraction of sp³-hybridized carbons (Fsp3) is 0.364. The number of hydrogen-bond donors (Lipinski definition) is 1. The predicted molar refractivity (Wildman–Crippen MR) is 115 cm³/mol. The van der Waals surface area contributed by atoms with E-state index in [4.69, 9.17) is 27.9 Å². The average Bonchev–Trinajstić information content (AvgIpc) is 3.14. The second-order valence-corrected chi connectivity index (χ2v) is 8.51. The maximum atomic E-state index is 13.3. The summed E-state index contributed by atoms with van der Waals surface area (Å²) >= 11 is 13.0. The highest BCUT2D eigenvalue weighted by Gasteiger charge is 2.32. The molecule has 152 valence electrons. The molecule has 1 aromatic heterocycles. The molecule has 2 aliphatic rings. The molecule has 1 N–H and O–H groups in total. The van der Waals surface area contributed by atoms with Gasteiger partial charge in [0.05, 0.1) is 23.2 Å². The number of pyridine rings is 1. The topological polar surface area (TPSA) is 62.4 Å². The normalized spacial score (nSPS) is 15.1. The lowest BCUT2D eigenvalue weighted by atomic mass is 9.96. The van der Waals surface area contributed by atoms with Crippen LogP contribution < -0.4 is 10.3 Å². The van der Waals surface area contributed by atoms with Crippen molar-refractivity contribution in [2.75, 3.05) is 6.54 Å². The lowest BCUT2D eigenvalue weighted by molar-refractivity contribution is 0.0725. The van der Waals surface area contributed by atoms with Gasteiger partial charge < -0.3 is 14.6 Å². The molecule has 0 spiro atoms. The molecule has 0 saturated carbocycles. The maximum Gasteiger partial charge on any atom is 0.256 e. The number of aromatic nitrogens is 1. The fourth-order valence-electron chi connectivity index (χ4n) is 4.04. The first-order valence-corrected chi connectivity index (χ1v) is 10.4. The number of carbonyl (C=O) groups excluding carboxylic acids is 1. The Balaban J connectivity index is 1.72. The highest BCUT2D eigenvalue weighted by atomic mass is 35.5. The minimum Gasteiger partial charge on any atom is -0.489 e. The molecule has 2 heterocycles. The van der Waals surface area contributed by atoms with Crippen molar-refractivity contribution in [3.63, 3.8) is 0 Å². The van der Waals surface area contributed by atoms with E-state index in [0.717, 1.165) is 28.8 Å². The quantitative estimate of drug-likeness (QED) is 0.770. The van der Waals surface area contributed by atoms with Crippen LogP contribution >= 0.6 is 23.2 Å². The molecule has 1 aliphatic carbocycles. The van der Waals surface area contributed by atoms with E-state index < -0.39 is 0 Å². The third-order valence-electron chi connectivity index (χ3n) is 5.41. The Bertz CT molecular complexity index is 1100. The molecule has 0 saturated heterocycles. The van der Waals surface area contributed by atoms with Crippen molar-refractivity contribution in [2.45, 2.75) is 46.3 Å². The lowest BCUT2D eigenvalue weighted by Gasteiger charge is -2.31. The number of aromatic amines is 1. The summed E-state index contributed by atoms with van der Waals surface area (Å²) in [4.78, 5) is 30.5. The van der Waals surface area contributed by atoms with Crippen molar-refractivity contribution in [3.05, 3.63) is 66.1 Å². The number of H-pyrrole nitrogens is 1. The zero-order valence-corrected chi connectivity index (χ0v) is 18.1. The molecule has 1 aliphatic heterocycles. The number of nitrogens with zero attached hydrogens (tertiary/aromatic N) is 1. The number of ether oxygens (including phenoxy) is 1. The minimum atomic E-state index is -0.233. The fourth-order valence-corrected chi connectivity index (χ4v) is 4.62. The zero-order valence-electron chi connectivity index (χ0n) is 16.6. The van der Waals surface area contributed by atoms with Gasteiger partial charge in [-0.1, -0.05) is 35.4 Å². The smallest absolute Gasteiger partial charge is 0.256 e. The van der Waals surface area contributed by atoms with Crippen LogP contribution in [-0.4, -0.2) is 28.4 Å². The first-order valence-electron chi connectivity index (χ1n) is 9.66. The van der Waals surface area contributed by atoms with Crippen molar-refractivity contribution in [1.29, 1.82) is 0 Å². The van der Waals surface area contributed by atoms with Crippen molar-refractivity contribution in [1.82, 2.24) is 9.88 Å². The van der Waals surface area contributed by atoms with Gasteiger partial charge in [-0.25, -0.2) is 0 Å². The number of aryl methyl sites for hydroxylation is 1. The van der Waals surface area contributed by atoms with E-state index in [9.17, 15) is 9.59 Å². The summed E-state index contributed by atoms with van der Waals surface area (Å²) in [5.74, 6) is 0.167. The largest absolute Gasteiger partial charge is 0.489 e. The molecule has 0 atom stereocenters. The maximum absolute atomic E-state index is 13.3. The van der Waals surface area contributed by atoms with Crippen molar-refractivity contribution in [3.8, 4) is 5.75 Å². The van der Waals surface area contributed by atoms with E-state index in [1.807, 2.05) is 32.9 Å². The number of hydrogen-bond acceptors (Lipinski definition) is 3. The lowest BCUT2D eigenvalue weighted by Crippen LogP contribution is -2.39. The van der Waals surface area contributed by atoms with Gasteiger partial charge in [0.25, 0.3) is 11.5 Å². The summed E-state index contributed by atoms with van der Waals surface area (Å²) in [6.45, 7) is 6.37. The number of nitrogens with one attached hydrogen (secondary N) is 1. The second-order valence-electron chi connectivity index (χ2n) is 7.72. The van der Waals surface area contributed by atoms with Gasteiger partial charge in [0.15, 0.2) is 0 Å². The van der Waals surface area contributed by atoms with Gasteiger partial charge in [-0.05, 0) is 50.3 Å². The van der Waals surface area contributed by atoms with Crippen LogP contribution in [0.1, 0.15) is 52.2 Å². The van der Waals surface area contributed by atoms with Crippen molar-refractivity contribution >= 4 is 35.2 Å². The van der Waals surface area contributed by atoms with Crippen LogP contribution in [0.4, 0.5) is 0 Å². The van der Waals surface area contributed by atoms with Crippen molar-refractivity contribution < 1.29 is 9.53 Å². The van der Waals surface area contributed by atoms with Crippen LogP contribution in [-0.2, 0) is 19.4 Å². The van der Waals surface area contributed by atoms with Crippen LogP contribution in [0.2, 0.25) is 10.0 Å². The molecular formula is C22H22Cl2N2O3. The number of fused-ring (bicyclic) bond motifs is 2. The SMILES string of the molecule is Cc1[nH]c(=O)c(CN2CCc3c(Cl)cc(OC(C)C)c(Cl)c3C2=O)c2c1CC=C2. The van der Waals surface area contributed by atoms with Crippen LogP contribution in [0.5, 0.6) is 5.75 Å². The minimum absolute atomic E-state index is 0.100. The van der Waals surface area contributed by atoms with E-state index >= 15 is 0 Å². The molecule has 5 nitrogen and oxygen atoms in total. The monoisotopic (exact) mass is 432 g/mol. The number of rotatable bonds is 4. The summed E-state index contributed by atoms with van der Waals surface area (Å²) in [5, 5.41) is 0.751. The average molecular weight is 433 g/mol. The summed E-state index contributed by atoms with van der Waals surface area (Å²) in [6.07, 6.45) is 5.27. The third-order valence-corrected chi connectivity index (χ3v) is 6.13. The van der Waals surface area contributed by atoms with Crippen LogP contribution in [0.25, 0.3) is 6.08 Å². The predicted octanol–water partition coefficient (Wildman–Crippen LogP) is 4.55. The Labute approximate surface area is 179 Å². The Morgan fingerprint density at radius 3 is 2.72 bits per heavy atom. The molecule has 0 bridgehead atoms. The van der Waals surface area contributed by atoms with Gasteiger partial charge in [-0.15, -0.1) is 0 Å². The van der Waals surface area contributed by atoms with Gasteiger partial charge in [0.2, 0.25) is 0 Å². The van der Waals surface area contributed by atoms with E-state index in [1.54, 1.807) is 11.0 Å². The van der Waals surface area contributed by atoms with Gasteiger partial charge in [0, 0.05) is 28.9 Å². The first-order chi connectivity index (χ1) is 13.8. The van der Waals surface area contributed by atoms with Crippen LogP contribution in [0.3, 0.4) is 0 Å². The molecule has 29 heavy (non-hydrogen) atoms. The number of amides is 1. The second kappa shape index (κ2) is 7.54. The first kappa shape index (κ1) is 20.0. The summed E-state index contributed by atoms with van der Waals surface area (Å²) in [6, 6.07) is 1.67. The van der Waals surface area contributed by atoms with Gasteiger partial charge in [0.1, 0.15) is 5.75 Å². The highest BCUT2D eigenvalue weighted by Crippen LogP contribution is 2.39. The van der Waals surface area contributed by atoms with E-state index in [2.05, 4.69) is 4.98 Å². The summed E-state index contributed by atoms with van der Waals surface area (Å²) < 4.78 is 5.74. The molecule has 4 rings (SSSR count). The van der Waals surface area contributed by atoms with Crippen LogP contribution in [0.15, 0.2) is 16.9 Å². The number of allylic oxidation sites excluding steroid dienone is 1. The Hall–Kier alpha value is -2.24. The van der Waals surface area contributed by atoms with E-state index in [0.29, 0.717) is 34.9 Å². The third kappa shape index (κ3) is 3.47. The molecule has 0 radical (unpaired) electrons. The molecular weight excluding hydrogens is 411 g/mol. The van der Waals surface area contributed by atoms with E-state index in [-0.39, 0.29) is 29.1 Å². The van der Waals surface area contributed by atoms with E-state index in [1.165, 1.54) is 0 Å². The Kier molecular flexibility index (Phi) is 5.21. The number of carbonyl (C=O) groups is 1. The standard InChI is InChI=1S/C22H22Cl2N2O3/c1-11(2)29-18-9-17(23)15-7-8-26(22(28)19(15)20(18)24)10-16-14-6-4-5-13(14)12(3)25-21(16)27/h4,6,9,11H,5,7-8,10H2,1-3H3,(H,25,27).